The molecule has 25 heavy (non-hydrogen) atoms. The van der Waals surface area contributed by atoms with Crippen molar-refractivity contribution in [1.29, 1.82) is 0 Å². The third-order valence-electron chi connectivity index (χ3n) is 5.39. The minimum absolute atomic E-state index is 0.164. The highest BCUT2D eigenvalue weighted by molar-refractivity contribution is 5.94. The topological polar surface area (TPSA) is 51.0 Å². The molecular formula is C19H23FN4O. The highest BCUT2D eigenvalue weighted by Gasteiger charge is 2.29. The van der Waals surface area contributed by atoms with Gasteiger partial charge < -0.3 is 9.47 Å². The van der Waals surface area contributed by atoms with Crippen LogP contribution in [0.25, 0.3) is 0 Å². The van der Waals surface area contributed by atoms with Crippen molar-refractivity contribution >= 4 is 5.91 Å². The zero-order valence-corrected chi connectivity index (χ0v) is 14.3. The molecule has 6 heteroatoms. The standard InChI is InChI=1S/C19H23FN4O/c20-16-7-4-3-6-15(16)19(25)23-12-9-14(10-13-23)18-22-21-17-8-2-1-5-11-24(17)18/h3-4,6-7,14H,1-2,5,8-13H2. The summed E-state index contributed by atoms with van der Waals surface area (Å²) in [5.41, 5.74) is 0.164. The minimum atomic E-state index is -0.447. The van der Waals surface area contributed by atoms with Gasteiger partial charge in [0, 0.05) is 32.0 Å². The highest BCUT2D eigenvalue weighted by Crippen LogP contribution is 2.29. The van der Waals surface area contributed by atoms with Crippen molar-refractivity contribution in [2.24, 2.45) is 0 Å². The SMILES string of the molecule is O=C(c1ccccc1F)N1CCC(c2nnc3n2CCCCC3)CC1. The van der Waals surface area contributed by atoms with Crippen LogP contribution in [-0.4, -0.2) is 38.7 Å². The van der Waals surface area contributed by atoms with Crippen LogP contribution in [-0.2, 0) is 13.0 Å². The van der Waals surface area contributed by atoms with Gasteiger partial charge in [0.1, 0.15) is 17.5 Å². The van der Waals surface area contributed by atoms with Crippen LogP contribution in [0.5, 0.6) is 0 Å². The Kier molecular flexibility index (Phi) is 4.51. The number of amides is 1. The van der Waals surface area contributed by atoms with Crippen LogP contribution in [0.3, 0.4) is 0 Å². The summed E-state index contributed by atoms with van der Waals surface area (Å²) in [7, 11) is 0. The number of aryl methyl sites for hydroxylation is 1. The number of hydrogen-bond acceptors (Lipinski definition) is 3. The van der Waals surface area contributed by atoms with Gasteiger partial charge in [0.25, 0.3) is 5.91 Å². The van der Waals surface area contributed by atoms with Gasteiger partial charge in [-0.25, -0.2) is 4.39 Å². The molecule has 0 atom stereocenters. The monoisotopic (exact) mass is 342 g/mol. The maximum absolute atomic E-state index is 13.9. The van der Waals surface area contributed by atoms with E-state index in [0.717, 1.165) is 37.5 Å². The number of hydrogen-bond donors (Lipinski definition) is 0. The Balaban J connectivity index is 1.45. The zero-order chi connectivity index (χ0) is 17.2. The molecule has 1 amide bonds. The molecule has 0 radical (unpaired) electrons. The molecule has 1 aromatic heterocycles. The first kappa shape index (κ1) is 16.2. The summed E-state index contributed by atoms with van der Waals surface area (Å²) in [6, 6.07) is 6.21. The lowest BCUT2D eigenvalue weighted by atomic mass is 9.95. The number of piperidine rings is 1. The lowest BCUT2D eigenvalue weighted by Gasteiger charge is -2.32. The predicted molar refractivity (Wildman–Crippen MR) is 91.9 cm³/mol. The van der Waals surface area contributed by atoms with Crippen LogP contribution in [0.15, 0.2) is 24.3 Å². The van der Waals surface area contributed by atoms with Gasteiger partial charge in [0.05, 0.1) is 5.56 Å². The van der Waals surface area contributed by atoms with Gasteiger partial charge in [-0.15, -0.1) is 10.2 Å². The number of carbonyl (C=O) groups excluding carboxylic acids is 1. The average molecular weight is 342 g/mol. The quantitative estimate of drug-likeness (QED) is 0.842. The van der Waals surface area contributed by atoms with Gasteiger partial charge in [-0.3, -0.25) is 4.79 Å². The van der Waals surface area contributed by atoms with E-state index in [2.05, 4.69) is 14.8 Å². The van der Waals surface area contributed by atoms with Crippen molar-refractivity contribution in [3.63, 3.8) is 0 Å². The first-order valence-electron chi connectivity index (χ1n) is 9.20. The molecular weight excluding hydrogens is 319 g/mol. The molecule has 1 aromatic carbocycles. The van der Waals surface area contributed by atoms with Crippen LogP contribution in [0.1, 0.15) is 60.0 Å². The Morgan fingerprint density at radius 1 is 1.04 bits per heavy atom. The molecule has 4 rings (SSSR count). The third kappa shape index (κ3) is 3.17. The van der Waals surface area contributed by atoms with Crippen molar-refractivity contribution in [3.8, 4) is 0 Å². The van der Waals surface area contributed by atoms with E-state index in [1.165, 1.54) is 25.3 Å². The number of fused-ring (bicyclic) bond motifs is 1. The van der Waals surface area contributed by atoms with E-state index in [4.69, 9.17) is 0 Å². The minimum Gasteiger partial charge on any atom is -0.339 e. The van der Waals surface area contributed by atoms with E-state index in [0.29, 0.717) is 19.0 Å². The Morgan fingerprint density at radius 3 is 2.64 bits per heavy atom. The van der Waals surface area contributed by atoms with Gasteiger partial charge in [-0.2, -0.15) is 0 Å². The van der Waals surface area contributed by atoms with Crippen molar-refractivity contribution in [1.82, 2.24) is 19.7 Å². The Bertz CT molecular complexity index is 765. The number of rotatable bonds is 2. The maximum atomic E-state index is 13.9. The Hall–Kier alpha value is -2.24. The van der Waals surface area contributed by atoms with Crippen LogP contribution in [0.2, 0.25) is 0 Å². The summed E-state index contributed by atoms with van der Waals surface area (Å²) in [6.07, 6.45) is 6.35. The lowest BCUT2D eigenvalue weighted by molar-refractivity contribution is 0.0705. The first-order chi connectivity index (χ1) is 12.2. The summed E-state index contributed by atoms with van der Waals surface area (Å²) in [5, 5.41) is 8.84. The van der Waals surface area contributed by atoms with E-state index < -0.39 is 5.82 Å². The fourth-order valence-electron chi connectivity index (χ4n) is 3.96. The Morgan fingerprint density at radius 2 is 1.84 bits per heavy atom. The van der Waals surface area contributed by atoms with Crippen LogP contribution < -0.4 is 0 Å². The summed E-state index contributed by atoms with van der Waals surface area (Å²) >= 11 is 0. The van der Waals surface area contributed by atoms with E-state index in [1.807, 2.05) is 0 Å². The van der Waals surface area contributed by atoms with Crippen LogP contribution >= 0.6 is 0 Å². The lowest BCUT2D eigenvalue weighted by Crippen LogP contribution is -2.38. The van der Waals surface area contributed by atoms with Crippen LogP contribution in [0.4, 0.5) is 4.39 Å². The number of halogens is 1. The molecule has 0 spiro atoms. The molecule has 1 fully saturated rings. The van der Waals surface area contributed by atoms with E-state index in [1.54, 1.807) is 23.1 Å². The van der Waals surface area contributed by atoms with Gasteiger partial charge in [0.2, 0.25) is 0 Å². The molecule has 3 heterocycles. The van der Waals surface area contributed by atoms with Gasteiger partial charge in [-0.1, -0.05) is 18.6 Å². The van der Waals surface area contributed by atoms with Crippen LogP contribution in [0, 0.1) is 5.82 Å². The van der Waals surface area contributed by atoms with Gasteiger partial charge in [-0.05, 0) is 37.8 Å². The molecule has 0 N–H and O–H groups in total. The summed E-state index contributed by atoms with van der Waals surface area (Å²) in [5.74, 6) is 1.87. The number of nitrogens with zero attached hydrogens (tertiary/aromatic N) is 4. The molecule has 0 unspecified atom stereocenters. The van der Waals surface area contributed by atoms with E-state index in [9.17, 15) is 9.18 Å². The molecule has 1 saturated heterocycles. The molecule has 2 aromatic rings. The number of likely N-dealkylation sites (tertiary alicyclic amines) is 1. The molecule has 2 aliphatic heterocycles. The zero-order valence-electron chi connectivity index (χ0n) is 14.3. The second-order valence-corrected chi connectivity index (χ2v) is 6.98. The fraction of sp³-hybridized carbons (Fsp3) is 0.526. The molecule has 2 aliphatic rings. The largest absolute Gasteiger partial charge is 0.339 e. The first-order valence-corrected chi connectivity index (χ1v) is 9.20. The third-order valence-corrected chi connectivity index (χ3v) is 5.39. The maximum Gasteiger partial charge on any atom is 0.256 e. The van der Waals surface area contributed by atoms with Crippen molar-refractivity contribution < 1.29 is 9.18 Å². The summed E-state index contributed by atoms with van der Waals surface area (Å²) in [4.78, 5) is 14.3. The van der Waals surface area contributed by atoms with E-state index >= 15 is 0 Å². The van der Waals surface area contributed by atoms with Gasteiger partial charge >= 0.3 is 0 Å². The molecule has 0 bridgehead atoms. The average Bonchev–Trinajstić information content (AvgIpc) is 2.90. The molecule has 0 aliphatic carbocycles. The predicted octanol–water partition coefficient (Wildman–Crippen LogP) is 3.16. The molecule has 0 saturated carbocycles. The number of aromatic nitrogens is 3. The number of benzene rings is 1. The van der Waals surface area contributed by atoms with Crippen molar-refractivity contribution in [2.75, 3.05) is 13.1 Å². The van der Waals surface area contributed by atoms with Crippen molar-refractivity contribution in [2.45, 2.75) is 51.0 Å². The Labute approximate surface area is 146 Å². The normalized spacial score (nSPS) is 18.7. The second-order valence-electron chi connectivity index (χ2n) is 6.98. The molecule has 132 valence electrons. The summed E-state index contributed by atoms with van der Waals surface area (Å²) < 4.78 is 16.2. The summed E-state index contributed by atoms with van der Waals surface area (Å²) in [6.45, 7) is 2.28. The highest BCUT2D eigenvalue weighted by atomic mass is 19.1. The number of carbonyl (C=O) groups is 1. The molecule has 5 nitrogen and oxygen atoms in total. The second kappa shape index (κ2) is 6.94. The van der Waals surface area contributed by atoms with E-state index in [-0.39, 0.29) is 11.5 Å². The fourth-order valence-corrected chi connectivity index (χ4v) is 3.96. The van der Waals surface area contributed by atoms with Gasteiger partial charge in [0.15, 0.2) is 0 Å². The smallest absolute Gasteiger partial charge is 0.256 e. The van der Waals surface area contributed by atoms with Crippen molar-refractivity contribution in [3.05, 3.63) is 47.3 Å².